The number of nitrogens with zero attached hydrogens (tertiary/aromatic N) is 1. The molecule has 2 atom stereocenters. The maximum atomic E-state index is 12.4. The van der Waals surface area contributed by atoms with Crippen molar-refractivity contribution in [2.24, 2.45) is 5.92 Å². The molecular weight excluding hydrogens is 308 g/mol. The molecule has 1 fully saturated rings. The van der Waals surface area contributed by atoms with E-state index >= 15 is 0 Å². The molecule has 2 aromatic rings. The molecule has 2 N–H and O–H groups in total. The second kappa shape index (κ2) is 6.78. The molecule has 0 saturated heterocycles. The van der Waals surface area contributed by atoms with Crippen LogP contribution in [0.2, 0.25) is 0 Å². The number of Topliss-reactive ketones (excluding diaryl/α,β-unsaturated/α-hetero) is 1. The number of nitrogens with one attached hydrogen (secondary N) is 1. The molecule has 0 radical (unpaired) electrons. The highest BCUT2D eigenvalue weighted by Gasteiger charge is 2.33. The summed E-state index contributed by atoms with van der Waals surface area (Å²) in [5, 5.41) is 12.9. The van der Waals surface area contributed by atoms with E-state index < -0.39 is 17.9 Å². The lowest BCUT2D eigenvalue weighted by Gasteiger charge is -2.27. The second-order valence-corrected chi connectivity index (χ2v) is 6.07. The van der Waals surface area contributed by atoms with Crippen LogP contribution < -0.4 is 5.32 Å². The lowest BCUT2D eigenvalue weighted by molar-refractivity contribution is -0.141. The number of fused-ring (bicyclic) bond motifs is 1. The number of hydrogen-bond donors (Lipinski definition) is 2. The Morgan fingerprint density at radius 2 is 2.00 bits per heavy atom. The van der Waals surface area contributed by atoms with Crippen LogP contribution in [-0.2, 0) is 9.59 Å². The summed E-state index contributed by atoms with van der Waals surface area (Å²) in [6, 6.07) is 9.66. The molecule has 1 heterocycles. The Hall–Kier alpha value is -2.76. The van der Waals surface area contributed by atoms with E-state index in [1.807, 2.05) is 18.2 Å². The molecule has 24 heavy (non-hydrogen) atoms. The number of benzene rings is 1. The Kier molecular flexibility index (Phi) is 4.55. The Bertz CT molecular complexity index is 802. The number of para-hydroxylation sites is 1. The summed E-state index contributed by atoms with van der Waals surface area (Å²) in [5.41, 5.74) is 0.840. The van der Waals surface area contributed by atoms with Gasteiger partial charge in [-0.15, -0.1) is 0 Å². The number of amides is 1. The number of aromatic nitrogens is 1. The minimum absolute atomic E-state index is 0.0515. The Morgan fingerprint density at radius 1 is 1.21 bits per heavy atom. The first-order valence-electron chi connectivity index (χ1n) is 7.96. The summed E-state index contributed by atoms with van der Waals surface area (Å²) >= 11 is 0. The summed E-state index contributed by atoms with van der Waals surface area (Å²) < 4.78 is 0. The van der Waals surface area contributed by atoms with Crippen LogP contribution in [0.4, 0.5) is 0 Å². The van der Waals surface area contributed by atoms with Crippen LogP contribution in [0.1, 0.15) is 36.2 Å². The first kappa shape index (κ1) is 16.1. The first-order chi connectivity index (χ1) is 11.5. The molecule has 1 aromatic carbocycles. The van der Waals surface area contributed by atoms with E-state index in [-0.39, 0.29) is 23.8 Å². The highest BCUT2D eigenvalue weighted by atomic mass is 16.4. The summed E-state index contributed by atoms with van der Waals surface area (Å²) in [4.78, 5) is 39.8. The fraction of sp³-hybridized carbons (Fsp3) is 0.333. The maximum absolute atomic E-state index is 12.4. The highest BCUT2D eigenvalue weighted by molar-refractivity contribution is 5.97. The third-order valence-corrected chi connectivity index (χ3v) is 4.38. The van der Waals surface area contributed by atoms with Crippen LogP contribution >= 0.6 is 0 Å². The van der Waals surface area contributed by atoms with Crippen molar-refractivity contribution in [2.45, 2.75) is 31.7 Å². The molecule has 6 heteroatoms. The number of carbonyl (C=O) groups excluding carboxylic acids is 2. The Labute approximate surface area is 138 Å². The zero-order valence-corrected chi connectivity index (χ0v) is 13.1. The number of pyridine rings is 1. The van der Waals surface area contributed by atoms with Gasteiger partial charge in [0.1, 0.15) is 17.5 Å². The van der Waals surface area contributed by atoms with Crippen LogP contribution in [-0.4, -0.2) is 33.8 Å². The maximum Gasteiger partial charge on any atom is 0.326 e. The summed E-state index contributed by atoms with van der Waals surface area (Å²) in [5.74, 6) is -1.97. The van der Waals surface area contributed by atoms with Gasteiger partial charge in [0, 0.05) is 18.2 Å². The molecule has 1 saturated carbocycles. The quantitative estimate of drug-likeness (QED) is 0.897. The van der Waals surface area contributed by atoms with Crippen molar-refractivity contribution in [3.05, 3.63) is 42.1 Å². The number of ketones is 1. The van der Waals surface area contributed by atoms with E-state index in [9.17, 15) is 19.5 Å². The van der Waals surface area contributed by atoms with Crippen LogP contribution in [0, 0.1) is 5.92 Å². The van der Waals surface area contributed by atoms with Crippen molar-refractivity contribution in [2.75, 3.05) is 0 Å². The van der Waals surface area contributed by atoms with Gasteiger partial charge in [0.15, 0.2) is 0 Å². The van der Waals surface area contributed by atoms with E-state index in [0.29, 0.717) is 24.8 Å². The fourth-order valence-corrected chi connectivity index (χ4v) is 3.13. The number of aliphatic carboxylic acids is 1. The van der Waals surface area contributed by atoms with Gasteiger partial charge in [-0.2, -0.15) is 0 Å². The molecule has 6 nitrogen and oxygen atoms in total. The van der Waals surface area contributed by atoms with Gasteiger partial charge in [0.05, 0.1) is 5.52 Å². The molecule has 124 valence electrons. The predicted molar refractivity (Wildman–Crippen MR) is 87.6 cm³/mol. The van der Waals surface area contributed by atoms with Gasteiger partial charge in [-0.05, 0) is 30.9 Å². The van der Waals surface area contributed by atoms with E-state index in [1.54, 1.807) is 18.2 Å². The number of rotatable bonds is 4. The minimum Gasteiger partial charge on any atom is -0.480 e. The largest absolute Gasteiger partial charge is 0.480 e. The monoisotopic (exact) mass is 326 g/mol. The number of carboxylic acid groups (broad SMARTS) is 1. The van der Waals surface area contributed by atoms with Gasteiger partial charge >= 0.3 is 5.97 Å². The minimum atomic E-state index is -1.12. The first-order valence-corrected chi connectivity index (χ1v) is 7.96. The van der Waals surface area contributed by atoms with E-state index in [2.05, 4.69) is 10.3 Å². The van der Waals surface area contributed by atoms with E-state index in [1.165, 1.54) is 0 Å². The number of carboxylic acids is 1. The fourth-order valence-electron chi connectivity index (χ4n) is 3.13. The van der Waals surface area contributed by atoms with Crippen molar-refractivity contribution in [3.8, 4) is 0 Å². The molecule has 0 unspecified atom stereocenters. The third-order valence-electron chi connectivity index (χ3n) is 4.38. The zero-order valence-electron chi connectivity index (χ0n) is 13.1. The van der Waals surface area contributed by atoms with Gasteiger partial charge < -0.3 is 10.4 Å². The predicted octanol–water partition coefficient (Wildman–Crippen LogP) is 2.18. The number of hydrogen-bond acceptors (Lipinski definition) is 4. The molecule has 0 bridgehead atoms. The van der Waals surface area contributed by atoms with Gasteiger partial charge in [0.25, 0.3) is 5.91 Å². The summed E-state index contributed by atoms with van der Waals surface area (Å²) in [6.07, 6.45) is 1.97. The van der Waals surface area contributed by atoms with Crippen LogP contribution in [0.5, 0.6) is 0 Å². The molecule has 0 spiro atoms. The molecule has 1 aliphatic carbocycles. The zero-order chi connectivity index (χ0) is 17.1. The van der Waals surface area contributed by atoms with Gasteiger partial charge in [-0.25, -0.2) is 9.78 Å². The second-order valence-electron chi connectivity index (χ2n) is 6.07. The van der Waals surface area contributed by atoms with Crippen LogP contribution in [0.25, 0.3) is 10.9 Å². The van der Waals surface area contributed by atoms with Gasteiger partial charge in [-0.3, -0.25) is 9.59 Å². The lowest BCUT2D eigenvalue weighted by atomic mass is 9.83. The molecule has 1 aromatic heterocycles. The topological polar surface area (TPSA) is 96.4 Å². The van der Waals surface area contributed by atoms with Crippen molar-refractivity contribution >= 4 is 28.6 Å². The van der Waals surface area contributed by atoms with Crippen molar-refractivity contribution in [1.29, 1.82) is 0 Å². The van der Waals surface area contributed by atoms with Crippen molar-refractivity contribution in [3.63, 3.8) is 0 Å². The molecular formula is C18H18N2O4. The van der Waals surface area contributed by atoms with Crippen molar-refractivity contribution in [1.82, 2.24) is 10.3 Å². The standard InChI is InChI=1S/C18H18N2O4/c21-13-6-3-5-12(10-13)16(18(23)24)20-17(22)15-9-8-11-4-1-2-7-14(11)19-15/h1-2,4,7-9,12,16H,3,5-6,10H2,(H,20,22)(H,23,24)/t12-,16+/m1/s1. The smallest absolute Gasteiger partial charge is 0.326 e. The summed E-state index contributed by atoms with van der Waals surface area (Å²) in [6.45, 7) is 0. The van der Waals surface area contributed by atoms with Crippen LogP contribution in [0.3, 0.4) is 0 Å². The molecule has 0 aliphatic heterocycles. The van der Waals surface area contributed by atoms with Crippen LogP contribution in [0.15, 0.2) is 36.4 Å². The number of carbonyl (C=O) groups is 3. The average molecular weight is 326 g/mol. The molecule has 3 rings (SSSR count). The Balaban J connectivity index is 1.79. The van der Waals surface area contributed by atoms with E-state index in [0.717, 1.165) is 5.39 Å². The van der Waals surface area contributed by atoms with Gasteiger partial charge in [0.2, 0.25) is 0 Å². The Morgan fingerprint density at radius 3 is 2.75 bits per heavy atom. The average Bonchev–Trinajstić information content (AvgIpc) is 2.58. The highest BCUT2D eigenvalue weighted by Crippen LogP contribution is 2.25. The van der Waals surface area contributed by atoms with Crippen molar-refractivity contribution < 1.29 is 19.5 Å². The SMILES string of the molecule is O=C1CCC[C@@H]([C@H](NC(=O)c2ccc3ccccc3n2)C(=O)O)C1. The third kappa shape index (κ3) is 3.42. The summed E-state index contributed by atoms with van der Waals surface area (Å²) in [7, 11) is 0. The molecule has 1 amide bonds. The lowest BCUT2D eigenvalue weighted by Crippen LogP contribution is -2.47. The van der Waals surface area contributed by atoms with E-state index in [4.69, 9.17) is 0 Å². The molecule has 1 aliphatic rings. The normalized spacial score (nSPS) is 19.0. The van der Waals surface area contributed by atoms with Gasteiger partial charge in [-0.1, -0.05) is 24.3 Å².